The van der Waals surface area contributed by atoms with Crippen LogP contribution < -0.4 is 4.72 Å². The lowest BCUT2D eigenvalue weighted by molar-refractivity contribution is -0.133. The molecule has 0 spiro atoms. The van der Waals surface area contributed by atoms with Gasteiger partial charge in [0.05, 0.1) is 0 Å². The molecule has 3 rings (SSSR count). The van der Waals surface area contributed by atoms with Crippen LogP contribution in [0.4, 0.5) is 0 Å². The summed E-state index contributed by atoms with van der Waals surface area (Å²) in [4.78, 5) is 15.7. The van der Waals surface area contributed by atoms with Gasteiger partial charge in [0.1, 0.15) is 4.21 Å². The molecule has 0 aliphatic carbocycles. The Kier molecular flexibility index (Phi) is 6.86. The molecule has 0 bridgehead atoms. The van der Waals surface area contributed by atoms with Gasteiger partial charge in [-0.05, 0) is 54.5 Å². The molecule has 142 valence electrons. The monoisotopic (exact) mass is 412 g/mol. The van der Waals surface area contributed by atoms with E-state index in [1.165, 1.54) is 16.2 Å². The number of likely N-dealkylation sites (tertiary alicyclic amines) is 1. The van der Waals surface area contributed by atoms with Gasteiger partial charge in [0.15, 0.2) is 0 Å². The Balaban J connectivity index is 1.44. The van der Waals surface area contributed by atoms with Gasteiger partial charge in [0.25, 0.3) is 0 Å². The summed E-state index contributed by atoms with van der Waals surface area (Å²) in [7, 11) is -3.43. The van der Waals surface area contributed by atoms with Crippen LogP contribution in [0.2, 0.25) is 0 Å². The summed E-state index contributed by atoms with van der Waals surface area (Å²) >= 11 is 2.94. The van der Waals surface area contributed by atoms with Crippen molar-refractivity contribution in [2.24, 2.45) is 5.92 Å². The lowest BCUT2D eigenvalue weighted by Gasteiger charge is -2.33. The van der Waals surface area contributed by atoms with Crippen molar-refractivity contribution in [2.45, 2.75) is 36.3 Å². The molecule has 0 aromatic carbocycles. The van der Waals surface area contributed by atoms with Gasteiger partial charge >= 0.3 is 0 Å². The van der Waals surface area contributed by atoms with E-state index in [0.29, 0.717) is 23.7 Å². The van der Waals surface area contributed by atoms with Crippen LogP contribution >= 0.6 is 22.7 Å². The Morgan fingerprint density at radius 3 is 2.77 bits per heavy atom. The van der Waals surface area contributed by atoms with E-state index in [1.54, 1.807) is 28.8 Å². The first-order valence-corrected chi connectivity index (χ1v) is 12.1. The summed E-state index contributed by atoms with van der Waals surface area (Å²) in [6.45, 7) is 1.82. The topological polar surface area (TPSA) is 66.5 Å². The number of hydrogen-bond acceptors (Lipinski definition) is 5. The normalized spacial score (nSPS) is 18.2. The van der Waals surface area contributed by atoms with Gasteiger partial charge in [-0.3, -0.25) is 4.79 Å². The fourth-order valence-corrected chi connectivity index (χ4v) is 6.10. The third kappa shape index (κ3) is 5.39. The second kappa shape index (κ2) is 9.12. The van der Waals surface area contributed by atoms with Gasteiger partial charge in [-0.25, -0.2) is 13.1 Å². The van der Waals surface area contributed by atoms with Crippen molar-refractivity contribution < 1.29 is 13.2 Å². The molecule has 5 nitrogen and oxygen atoms in total. The van der Waals surface area contributed by atoms with E-state index in [0.717, 1.165) is 32.2 Å². The molecule has 1 unspecified atom stereocenters. The Morgan fingerprint density at radius 1 is 1.23 bits per heavy atom. The molecule has 1 N–H and O–H groups in total. The molecule has 2 aromatic heterocycles. The van der Waals surface area contributed by atoms with Crippen LogP contribution in [0.5, 0.6) is 0 Å². The first-order valence-electron chi connectivity index (χ1n) is 8.88. The van der Waals surface area contributed by atoms with E-state index in [1.807, 2.05) is 11.0 Å². The van der Waals surface area contributed by atoms with Gasteiger partial charge in [0, 0.05) is 30.9 Å². The third-order valence-electron chi connectivity index (χ3n) is 4.59. The summed E-state index contributed by atoms with van der Waals surface area (Å²) in [6.07, 6.45) is 4.26. The van der Waals surface area contributed by atoms with Gasteiger partial charge in [-0.1, -0.05) is 12.1 Å². The Bertz CT molecular complexity index is 786. The van der Waals surface area contributed by atoms with Crippen LogP contribution in [0.3, 0.4) is 0 Å². The number of carbonyl (C=O) groups excluding carboxylic acids is 1. The number of amides is 1. The molecule has 1 aliphatic heterocycles. The number of nitrogens with zero attached hydrogens (tertiary/aromatic N) is 1. The maximum atomic E-state index is 12.5. The number of nitrogens with one attached hydrogen (secondary N) is 1. The number of sulfonamides is 1. The molecule has 0 saturated carbocycles. The number of rotatable bonds is 8. The second-order valence-corrected chi connectivity index (χ2v) is 10.5. The Hall–Kier alpha value is -1.22. The number of hydrogen-bond donors (Lipinski definition) is 1. The highest BCUT2D eigenvalue weighted by molar-refractivity contribution is 7.91. The first kappa shape index (κ1) is 19.5. The van der Waals surface area contributed by atoms with Crippen molar-refractivity contribution in [1.29, 1.82) is 0 Å². The number of carbonyl (C=O) groups is 1. The van der Waals surface area contributed by atoms with Gasteiger partial charge in [-0.2, -0.15) is 0 Å². The summed E-state index contributed by atoms with van der Waals surface area (Å²) < 4.78 is 27.5. The van der Waals surface area contributed by atoms with Crippen LogP contribution in [-0.4, -0.2) is 38.9 Å². The molecular weight excluding hydrogens is 388 g/mol. The highest BCUT2D eigenvalue weighted by Crippen LogP contribution is 2.20. The zero-order chi connectivity index (χ0) is 18.4. The van der Waals surface area contributed by atoms with E-state index in [-0.39, 0.29) is 11.8 Å². The van der Waals surface area contributed by atoms with Gasteiger partial charge < -0.3 is 4.90 Å². The molecule has 1 atom stereocenters. The molecule has 0 radical (unpaired) electrons. The number of aryl methyl sites for hydroxylation is 1. The Labute approximate surface area is 163 Å². The molecule has 1 fully saturated rings. The van der Waals surface area contributed by atoms with Crippen molar-refractivity contribution in [3.8, 4) is 0 Å². The first-order chi connectivity index (χ1) is 12.5. The van der Waals surface area contributed by atoms with Crippen LogP contribution in [0.1, 0.15) is 30.6 Å². The number of thiophene rings is 2. The third-order valence-corrected chi connectivity index (χ3v) is 8.34. The average molecular weight is 413 g/mol. The zero-order valence-corrected chi connectivity index (χ0v) is 17.0. The van der Waals surface area contributed by atoms with Gasteiger partial charge in [0.2, 0.25) is 15.9 Å². The molecule has 2 aromatic rings. The largest absolute Gasteiger partial charge is 0.342 e. The zero-order valence-electron chi connectivity index (χ0n) is 14.6. The fourth-order valence-electron chi connectivity index (χ4n) is 3.20. The van der Waals surface area contributed by atoms with Crippen molar-refractivity contribution in [1.82, 2.24) is 9.62 Å². The maximum Gasteiger partial charge on any atom is 0.250 e. The van der Waals surface area contributed by atoms with E-state index in [9.17, 15) is 13.2 Å². The molecule has 1 amide bonds. The van der Waals surface area contributed by atoms with Crippen molar-refractivity contribution in [3.05, 3.63) is 39.9 Å². The second-order valence-electron chi connectivity index (χ2n) is 6.56. The fraction of sp³-hybridized carbons (Fsp3) is 0.500. The van der Waals surface area contributed by atoms with E-state index in [2.05, 4.69) is 16.2 Å². The minimum Gasteiger partial charge on any atom is -0.342 e. The summed E-state index contributed by atoms with van der Waals surface area (Å²) in [5, 5.41) is 3.81. The summed E-state index contributed by atoms with van der Waals surface area (Å²) in [5.41, 5.74) is 0. The highest BCUT2D eigenvalue weighted by Gasteiger charge is 2.25. The van der Waals surface area contributed by atoms with Crippen LogP contribution in [0.15, 0.2) is 39.2 Å². The predicted molar refractivity (Wildman–Crippen MR) is 106 cm³/mol. The van der Waals surface area contributed by atoms with E-state index >= 15 is 0 Å². The standard InChI is InChI=1S/C18H24N2O3S3/c21-17(8-1-6-16-7-3-11-24-16)20-10-2-5-15(14-20)13-19-26(22,23)18-9-4-12-25-18/h3-4,7,9,11-12,15,19H,1-2,5-6,8,10,13-14H2. The summed E-state index contributed by atoms with van der Waals surface area (Å²) in [6, 6.07) is 7.48. The SMILES string of the molecule is O=C(CCCc1cccs1)N1CCCC(CNS(=O)(=O)c2cccs2)C1. The minimum atomic E-state index is -3.43. The molecule has 26 heavy (non-hydrogen) atoms. The van der Waals surface area contributed by atoms with Crippen LogP contribution in [-0.2, 0) is 21.2 Å². The quantitative estimate of drug-likeness (QED) is 0.723. The molecule has 1 saturated heterocycles. The predicted octanol–water partition coefficient (Wildman–Crippen LogP) is 3.35. The van der Waals surface area contributed by atoms with E-state index < -0.39 is 10.0 Å². The molecule has 3 heterocycles. The van der Waals surface area contributed by atoms with Crippen LogP contribution in [0, 0.1) is 5.92 Å². The lowest BCUT2D eigenvalue weighted by Crippen LogP contribution is -2.43. The summed E-state index contributed by atoms with van der Waals surface area (Å²) in [5.74, 6) is 0.368. The van der Waals surface area contributed by atoms with Crippen molar-refractivity contribution >= 4 is 38.6 Å². The molecular formula is C18H24N2O3S3. The minimum absolute atomic E-state index is 0.180. The maximum absolute atomic E-state index is 12.5. The lowest BCUT2D eigenvalue weighted by atomic mass is 9.98. The van der Waals surface area contributed by atoms with Crippen molar-refractivity contribution in [3.63, 3.8) is 0 Å². The van der Waals surface area contributed by atoms with Crippen LogP contribution in [0.25, 0.3) is 0 Å². The van der Waals surface area contributed by atoms with Gasteiger partial charge in [-0.15, -0.1) is 22.7 Å². The Morgan fingerprint density at radius 2 is 2.04 bits per heavy atom. The molecule has 1 aliphatic rings. The average Bonchev–Trinajstić information content (AvgIpc) is 3.34. The molecule has 8 heteroatoms. The van der Waals surface area contributed by atoms with Crippen molar-refractivity contribution in [2.75, 3.05) is 19.6 Å². The number of piperidine rings is 1. The van der Waals surface area contributed by atoms with E-state index in [4.69, 9.17) is 0 Å². The highest BCUT2D eigenvalue weighted by atomic mass is 32.2. The smallest absolute Gasteiger partial charge is 0.250 e.